The lowest BCUT2D eigenvalue weighted by atomic mass is 10.2. The zero-order valence-electron chi connectivity index (χ0n) is 10.5. The molecule has 0 bridgehead atoms. The monoisotopic (exact) mass is 302 g/mol. The average Bonchev–Trinajstić information content (AvgIpc) is 2.85. The van der Waals surface area contributed by atoms with E-state index in [0.717, 1.165) is 17.2 Å². The maximum Gasteiger partial charge on any atom is 0.326 e. The Bertz CT molecular complexity index is 554. The second-order valence-corrected chi connectivity index (χ2v) is 4.75. The van der Waals surface area contributed by atoms with Crippen molar-refractivity contribution in [1.82, 2.24) is 9.88 Å². The number of aliphatic carboxylic acids is 1. The Morgan fingerprint density at radius 1 is 1.60 bits per heavy atom. The molecule has 1 amide bonds. The van der Waals surface area contributed by atoms with Gasteiger partial charge in [0.15, 0.2) is 0 Å². The molecular formula is C12H12ClFN2O4. The summed E-state index contributed by atoms with van der Waals surface area (Å²) in [6.45, 7) is 0.110. The van der Waals surface area contributed by atoms with E-state index in [2.05, 4.69) is 4.98 Å². The highest BCUT2D eigenvalue weighted by atomic mass is 35.5. The fraction of sp³-hybridized carbons (Fsp3) is 0.417. The first-order valence-corrected chi connectivity index (χ1v) is 6.19. The van der Waals surface area contributed by atoms with E-state index in [-0.39, 0.29) is 29.8 Å². The molecule has 0 aromatic carbocycles. The van der Waals surface area contributed by atoms with Crippen molar-refractivity contribution in [3.05, 3.63) is 28.8 Å². The van der Waals surface area contributed by atoms with Crippen molar-refractivity contribution in [2.24, 2.45) is 0 Å². The van der Waals surface area contributed by atoms with E-state index in [0.29, 0.717) is 0 Å². The number of ether oxygens (including phenoxy) is 1. The molecule has 1 N–H and O–H groups in total. The second-order valence-electron chi connectivity index (χ2n) is 4.40. The number of aromatic nitrogens is 1. The third kappa shape index (κ3) is 2.73. The van der Waals surface area contributed by atoms with Gasteiger partial charge in [0.25, 0.3) is 5.91 Å². The first-order valence-electron chi connectivity index (χ1n) is 5.81. The van der Waals surface area contributed by atoms with E-state index in [1.807, 2.05) is 0 Å². The quantitative estimate of drug-likeness (QED) is 0.848. The molecule has 6 nitrogen and oxygen atoms in total. The van der Waals surface area contributed by atoms with Crippen LogP contribution < -0.4 is 0 Å². The Morgan fingerprint density at radius 2 is 2.30 bits per heavy atom. The summed E-state index contributed by atoms with van der Waals surface area (Å²) in [5.74, 6) is -2.53. The van der Waals surface area contributed by atoms with Crippen LogP contribution >= 0.6 is 11.6 Å². The summed E-state index contributed by atoms with van der Waals surface area (Å²) in [5, 5.41) is 8.98. The minimum Gasteiger partial charge on any atom is -0.480 e. The van der Waals surface area contributed by atoms with Gasteiger partial charge in [-0.1, -0.05) is 11.6 Å². The molecule has 1 aliphatic rings. The Kier molecular flexibility index (Phi) is 4.20. The predicted molar refractivity (Wildman–Crippen MR) is 67.1 cm³/mol. The van der Waals surface area contributed by atoms with E-state index >= 15 is 0 Å². The normalized spacial score (nSPS) is 22.1. The molecular weight excluding hydrogens is 291 g/mol. The zero-order valence-corrected chi connectivity index (χ0v) is 11.3. The van der Waals surface area contributed by atoms with E-state index in [1.54, 1.807) is 0 Å². The van der Waals surface area contributed by atoms with Gasteiger partial charge in [-0.2, -0.15) is 0 Å². The van der Waals surface area contributed by atoms with Crippen molar-refractivity contribution >= 4 is 23.5 Å². The van der Waals surface area contributed by atoms with Crippen LogP contribution in [0.5, 0.6) is 0 Å². The van der Waals surface area contributed by atoms with Crippen molar-refractivity contribution in [2.75, 3.05) is 13.7 Å². The third-order valence-electron chi connectivity index (χ3n) is 3.18. The highest BCUT2D eigenvalue weighted by molar-refractivity contribution is 6.32. The lowest BCUT2D eigenvalue weighted by Gasteiger charge is -2.21. The van der Waals surface area contributed by atoms with Gasteiger partial charge in [0.05, 0.1) is 17.9 Å². The Labute approximate surface area is 119 Å². The number of hydrogen-bond acceptors (Lipinski definition) is 4. The van der Waals surface area contributed by atoms with Gasteiger partial charge in [-0.25, -0.2) is 14.2 Å². The van der Waals surface area contributed by atoms with Crippen LogP contribution in [-0.4, -0.2) is 52.7 Å². The van der Waals surface area contributed by atoms with Crippen LogP contribution in [0.4, 0.5) is 4.39 Å². The first kappa shape index (κ1) is 14.7. The Morgan fingerprint density at radius 3 is 2.90 bits per heavy atom. The fourth-order valence-corrected chi connectivity index (χ4v) is 2.34. The molecule has 1 fully saturated rings. The number of rotatable bonds is 3. The highest BCUT2D eigenvalue weighted by Crippen LogP contribution is 2.25. The molecule has 108 valence electrons. The van der Waals surface area contributed by atoms with Gasteiger partial charge in [-0.05, 0) is 6.07 Å². The van der Waals surface area contributed by atoms with Crippen molar-refractivity contribution in [1.29, 1.82) is 0 Å². The molecule has 2 rings (SSSR count). The molecule has 0 saturated carbocycles. The van der Waals surface area contributed by atoms with Gasteiger partial charge >= 0.3 is 5.97 Å². The highest BCUT2D eigenvalue weighted by Gasteiger charge is 2.40. The van der Waals surface area contributed by atoms with Crippen LogP contribution in [0.1, 0.15) is 16.8 Å². The number of carbonyl (C=O) groups is 2. The molecule has 8 heteroatoms. The minimum atomic E-state index is -1.14. The number of carbonyl (C=O) groups excluding carboxylic acids is 1. The Hall–Kier alpha value is -1.73. The predicted octanol–water partition coefficient (Wildman–Crippen LogP) is 1.19. The number of hydrogen-bond donors (Lipinski definition) is 1. The van der Waals surface area contributed by atoms with Crippen LogP contribution in [0, 0.1) is 5.82 Å². The molecule has 0 radical (unpaired) electrons. The number of nitrogens with zero attached hydrogens (tertiary/aromatic N) is 2. The summed E-state index contributed by atoms with van der Waals surface area (Å²) in [4.78, 5) is 28.2. The molecule has 1 aromatic heterocycles. The molecule has 2 atom stereocenters. The molecule has 1 aromatic rings. The number of likely N-dealkylation sites (tertiary alicyclic amines) is 1. The number of methoxy groups -OCH3 is 1. The van der Waals surface area contributed by atoms with Gasteiger partial charge in [-0.15, -0.1) is 0 Å². The van der Waals surface area contributed by atoms with E-state index < -0.39 is 23.7 Å². The summed E-state index contributed by atoms with van der Waals surface area (Å²) in [7, 11) is 1.44. The molecule has 0 spiro atoms. The van der Waals surface area contributed by atoms with Crippen LogP contribution in [-0.2, 0) is 9.53 Å². The minimum absolute atomic E-state index is 0.110. The van der Waals surface area contributed by atoms with Crippen molar-refractivity contribution in [3.8, 4) is 0 Å². The molecule has 20 heavy (non-hydrogen) atoms. The van der Waals surface area contributed by atoms with Crippen molar-refractivity contribution < 1.29 is 23.8 Å². The molecule has 1 aliphatic heterocycles. The molecule has 0 aliphatic carbocycles. The SMILES string of the molecule is COC1CC(C(=O)O)N(C(=O)c2cc(F)cnc2Cl)C1. The lowest BCUT2D eigenvalue weighted by Crippen LogP contribution is -2.40. The van der Waals surface area contributed by atoms with E-state index in [9.17, 15) is 14.0 Å². The second kappa shape index (κ2) is 5.72. The number of carboxylic acids is 1. The largest absolute Gasteiger partial charge is 0.480 e. The summed E-state index contributed by atoms with van der Waals surface area (Å²) >= 11 is 5.76. The number of amides is 1. The van der Waals surface area contributed by atoms with E-state index in [4.69, 9.17) is 21.4 Å². The van der Waals surface area contributed by atoms with Gasteiger partial charge in [0.1, 0.15) is 17.0 Å². The van der Waals surface area contributed by atoms with Gasteiger partial charge < -0.3 is 14.7 Å². The standard InChI is InChI=1S/C12H12ClFN2O4/c1-20-7-3-9(12(18)19)16(5-7)11(17)8-2-6(14)4-15-10(8)13/h2,4,7,9H,3,5H2,1H3,(H,18,19). The molecule has 1 saturated heterocycles. The molecule has 2 heterocycles. The van der Waals surface area contributed by atoms with Gasteiger partial charge in [0, 0.05) is 20.1 Å². The Balaban J connectivity index is 2.31. The number of pyridine rings is 1. The van der Waals surface area contributed by atoms with E-state index in [1.165, 1.54) is 7.11 Å². The molecule has 2 unspecified atom stereocenters. The zero-order chi connectivity index (χ0) is 14.9. The third-order valence-corrected chi connectivity index (χ3v) is 3.48. The van der Waals surface area contributed by atoms with Gasteiger partial charge in [-0.3, -0.25) is 4.79 Å². The smallest absolute Gasteiger partial charge is 0.326 e. The fourth-order valence-electron chi connectivity index (χ4n) is 2.15. The topological polar surface area (TPSA) is 79.7 Å². The van der Waals surface area contributed by atoms with Gasteiger partial charge in [0.2, 0.25) is 0 Å². The maximum absolute atomic E-state index is 13.2. The average molecular weight is 303 g/mol. The van der Waals surface area contributed by atoms with Crippen LogP contribution in [0.2, 0.25) is 5.15 Å². The van der Waals surface area contributed by atoms with Crippen molar-refractivity contribution in [3.63, 3.8) is 0 Å². The van der Waals surface area contributed by atoms with Crippen LogP contribution in [0.25, 0.3) is 0 Å². The van der Waals surface area contributed by atoms with Crippen molar-refractivity contribution in [2.45, 2.75) is 18.6 Å². The summed E-state index contributed by atoms with van der Waals surface area (Å²) in [6, 6.07) is -0.0803. The van der Waals surface area contributed by atoms with Crippen LogP contribution in [0.15, 0.2) is 12.3 Å². The van der Waals surface area contributed by atoms with Crippen LogP contribution in [0.3, 0.4) is 0 Å². The number of carboxylic acid groups (broad SMARTS) is 1. The maximum atomic E-state index is 13.2. The summed E-state index contributed by atoms with van der Waals surface area (Å²) < 4.78 is 18.2. The lowest BCUT2D eigenvalue weighted by molar-refractivity contribution is -0.141. The summed E-state index contributed by atoms with van der Waals surface area (Å²) in [5.41, 5.74) is -0.158. The summed E-state index contributed by atoms with van der Waals surface area (Å²) in [6.07, 6.45) is 0.688. The first-order chi connectivity index (χ1) is 9.43. The number of halogens is 2.